The molecule has 1 aromatic carbocycles. The SMILES string of the molecule is CC(C)CC(F)(F)c1ccc(CC2CCCN2)cc1. The molecule has 0 aromatic heterocycles. The Morgan fingerprint density at radius 2 is 1.95 bits per heavy atom. The third-order valence-electron chi connectivity index (χ3n) is 3.69. The molecule has 1 aliphatic rings. The van der Waals surface area contributed by atoms with Gasteiger partial charge in [0.05, 0.1) is 0 Å². The van der Waals surface area contributed by atoms with E-state index in [1.54, 1.807) is 12.1 Å². The maximum absolute atomic E-state index is 13.9. The first-order valence-electron chi connectivity index (χ1n) is 7.18. The van der Waals surface area contributed by atoms with Crippen LogP contribution in [0.3, 0.4) is 0 Å². The fourth-order valence-electron chi connectivity index (χ4n) is 2.73. The number of hydrogen-bond donors (Lipinski definition) is 1. The molecule has 1 aromatic rings. The second-order valence-electron chi connectivity index (χ2n) is 6.00. The van der Waals surface area contributed by atoms with E-state index in [2.05, 4.69) is 5.32 Å². The maximum atomic E-state index is 13.9. The number of benzene rings is 1. The second-order valence-corrected chi connectivity index (χ2v) is 6.00. The van der Waals surface area contributed by atoms with Gasteiger partial charge in [0, 0.05) is 18.0 Å². The van der Waals surface area contributed by atoms with E-state index in [9.17, 15) is 8.78 Å². The summed E-state index contributed by atoms with van der Waals surface area (Å²) in [6, 6.07) is 7.40. The summed E-state index contributed by atoms with van der Waals surface area (Å²) in [6.07, 6.45) is 3.26. The van der Waals surface area contributed by atoms with Crippen LogP contribution in [0.5, 0.6) is 0 Å². The van der Waals surface area contributed by atoms with Gasteiger partial charge in [-0.3, -0.25) is 0 Å². The molecule has 0 saturated carbocycles. The van der Waals surface area contributed by atoms with Crippen molar-refractivity contribution in [2.75, 3.05) is 6.54 Å². The maximum Gasteiger partial charge on any atom is 0.273 e. The number of halogens is 2. The zero-order valence-electron chi connectivity index (χ0n) is 11.8. The molecule has 1 saturated heterocycles. The minimum atomic E-state index is -2.71. The van der Waals surface area contributed by atoms with Gasteiger partial charge in [-0.1, -0.05) is 38.1 Å². The number of rotatable bonds is 5. The van der Waals surface area contributed by atoms with Crippen LogP contribution in [-0.4, -0.2) is 12.6 Å². The van der Waals surface area contributed by atoms with Crippen LogP contribution in [0.15, 0.2) is 24.3 Å². The van der Waals surface area contributed by atoms with Crippen LogP contribution in [-0.2, 0) is 12.3 Å². The summed E-state index contributed by atoms with van der Waals surface area (Å²) in [7, 11) is 0. The predicted molar refractivity (Wildman–Crippen MR) is 74.5 cm³/mol. The molecular weight excluding hydrogens is 244 g/mol. The van der Waals surface area contributed by atoms with Crippen LogP contribution >= 0.6 is 0 Å². The van der Waals surface area contributed by atoms with Crippen molar-refractivity contribution < 1.29 is 8.78 Å². The van der Waals surface area contributed by atoms with Crippen molar-refractivity contribution in [2.24, 2.45) is 5.92 Å². The van der Waals surface area contributed by atoms with Gasteiger partial charge in [0.15, 0.2) is 0 Å². The fraction of sp³-hybridized carbons (Fsp3) is 0.625. The lowest BCUT2D eigenvalue weighted by Gasteiger charge is -2.19. The minimum absolute atomic E-state index is 0.00244. The Bertz CT molecular complexity index is 392. The monoisotopic (exact) mass is 267 g/mol. The molecule has 0 bridgehead atoms. The van der Waals surface area contributed by atoms with Crippen LogP contribution in [0, 0.1) is 5.92 Å². The predicted octanol–water partition coefficient (Wildman–Crippen LogP) is 4.12. The first kappa shape index (κ1) is 14.4. The van der Waals surface area contributed by atoms with Gasteiger partial charge in [-0.25, -0.2) is 8.78 Å². The molecular formula is C16H23F2N. The first-order valence-corrected chi connectivity index (χ1v) is 7.18. The molecule has 1 nitrogen and oxygen atoms in total. The van der Waals surface area contributed by atoms with Crippen LogP contribution in [0.2, 0.25) is 0 Å². The van der Waals surface area contributed by atoms with E-state index in [1.165, 1.54) is 12.8 Å². The Hall–Kier alpha value is -0.960. The second kappa shape index (κ2) is 6.00. The topological polar surface area (TPSA) is 12.0 Å². The van der Waals surface area contributed by atoms with E-state index in [4.69, 9.17) is 0 Å². The Kier molecular flexibility index (Phi) is 4.56. The normalized spacial score (nSPS) is 20.2. The average molecular weight is 267 g/mol. The average Bonchev–Trinajstić information content (AvgIpc) is 2.81. The molecule has 1 aliphatic heterocycles. The summed E-state index contributed by atoms with van der Waals surface area (Å²) in [6.45, 7) is 4.73. The third-order valence-corrected chi connectivity index (χ3v) is 3.69. The lowest BCUT2D eigenvalue weighted by Crippen LogP contribution is -2.23. The van der Waals surface area contributed by atoms with Crippen LogP contribution in [0.25, 0.3) is 0 Å². The Balaban J connectivity index is 2.00. The molecule has 1 N–H and O–H groups in total. The smallest absolute Gasteiger partial charge is 0.273 e. The summed E-state index contributed by atoms with van der Waals surface area (Å²) in [5.74, 6) is -2.71. The highest BCUT2D eigenvalue weighted by Crippen LogP contribution is 2.34. The van der Waals surface area contributed by atoms with Gasteiger partial charge < -0.3 is 5.32 Å². The first-order chi connectivity index (χ1) is 8.97. The van der Waals surface area contributed by atoms with Crippen molar-refractivity contribution in [1.82, 2.24) is 5.32 Å². The van der Waals surface area contributed by atoms with Gasteiger partial charge in [-0.15, -0.1) is 0 Å². The van der Waals surface area contributed by atoms with Crippen LogP contribution in [0.1, 0.15) is 44.2 Å². The lowest BCUT2D eigenvalue weighted by molar-refractivity contribution is -0.0249. The van der Waals surface area contributed by atoms with E-state index in [-0.39, 0.29) is 17.9 Å². The molecule has 106 valence electrons. The van der Waals surface area contributed by atoms with Crippen LogP contribution < -0.4 is 5.32 Å². The summed E-state index contributed by atoms with van der Waals surface area (Å²) < 4.78 is 27.9. The number of hydrogen-bond acceptors (Lipinski definition) is 1. The van der Waals surface area contributed by atoms with Crippen molar-refractivity contribution in [2.45, 2.75) is 51.5 Å². The molecule has 1 atom stereocenters. The molecule has 19 heavy (non-hydrogen) atoms. The van der Waals surface area contributed by atoms with Crippen molar-refractivity contribution in [1.29, 1.82) is 0 Å². The van der Waals surface area contributed by atoms with Gasteiger partial charge in [0.2, 0.25) is 0 Å². The molecule has 0 radical (unpaired) electrons. The van der Waals surface area contributed by atoms with Crippen molar-refractivity contribution in [3.8, 4) is 0 Å². The highest BCUT2D eigenvalue weighted by molar-refractivity contribution is 5.26. The lowest BCUT2D eigenvalue weighted by atomic mass is 9.96. The zero-order chi connectivity index (χ0) is 13.9. The Labute approximate surface area is 114 Å². The highest BCUT2D eigenvalue weighted by atomic mass is 19.3. The fourth-order valence-corrected chi connectivity index (χ4v) is 2.73. The molecule has 1 fully saturated rings. The minimum Gasteiger partial charge on any atom is -0.314 e. The van der Waals surface area contributed by atoms with Crippen molar-refractivity contribution in [3.05, 3.63) is 35.4 Å². The molecule has 2 rings (SSSR count). The zero-order valence-corrected chi connectivity index (χ0v) is 11.8. The van der Waals surface area contributed by atoms with Gasteiger partial charge in [-0.05, 0) is 37.3 Å². The molecule has 1 unspecified atom stereocenters. The highest BCUT2D eigenvalue weighted by Gasteiger charge is 2.32. The van der Waals surface area contributed by atoms with E-state index in [0.717, 1.165) is 18.5 Å². The molecule has 3 heteroatoms. The summed E-state index contributed by atoms with van der Waals surface area (Å²) in [4.78, 5) is 0. The molecule has 0 amide bonds. The van der Waals surface area contributed by atoms with E-state index in [0.29, 0.717) is 6.04 Å². The van der Waals surface area contributed by atoms with E-state index >= 15 is 0 Å². The van der Waals surface area contributed by atoms with Crippen molar-refractivity contribution in [3.63, 3.8) is 0 Å². The van der Waals surface area contributed by atoms with Gasteiger partial charge in [0.1, 0.15) is 0 Å². The van der Waals surface area contributed by atoms with Gasteiger partial charge >= 0.3 is 0 Å². The van der Waals surface area contributed by atoms with Crippen LogP contribution in [0.4, 0.5) is 8.78 Å². The van der Waals surface area contributed by atoms with Crippen molar-refractivity contribution >= 4 is 0 Å². The number of alkyl halides is 2. The molecule has 0 aliphatic carbocycles. The summed E-state index contributed by atoms with van der Waals surface area (Å²) in [5.41, 5.74) is 1.29. The Morgan fingerprint density at radius 1 is 1.26 bits per heavy atom. The van der Waals surface area contributed by atoms with E-state index < -0.39 is 5.92 Å². The molecule has 1 heterocycles. The summed E-state index contributed by atoms with van der Waals surface area (Å²) >= 11 is 0. The summed E-state index contributed by atoms with van der Waals surface area (Å²) in [5, 5.41) is 3.43. The largest absolute Gasteiger partial charge is 0.314 e. The third kappa shape index (κ3) is 4.00. The Morgan fingerprint density at radius 3 is 2.47 bits per heavy atom. The van der Waals surface area contributed by atoms with Gasteiger partial charge in [-0.2, -0.15) is 0 Å². The quantitative estimate of drug-likeness (QED) is 0.846. The van der Waals surface area contributed by atoms with E-state index in [1.807, 2.05) is 26.0 Å². The van der Waals surface area contributed by atoms with Gasteiger partial charge in [0.25, 0.3) is 5.92 Å². The number of nitrogens with one attached hydrogen (secondary N) is 1. The standard InChI is InChI=1S/C16H23F2N/c1-12(2)11-16(17,18)14-7-5-13(6-8-14)10-15-4-3-9-19-15/h5-8,12,15,19H,3-4,9-11H2,1-2H3. The molecule has 0 spiro atoms.